The third-order valence-corrected chi connectivity index (χ3v) is 5.59. The lowest BCUT2D eigenvalue weighted by atomic mass is 10.1. The van der Waals surface area contributed by atoms with E-state index in [1.165, 1.54) is 0 Å². The summed E-state index contributed by atoms with van der Waals surface area (Å²) in [6.07, 6.45) is 10.1. The Bertz CT molecular complexity index is 920. The number of halogens is 1. The fourth-order valence-electron chi connectivity index (χ4n) is 3.63. The number of hydrogen-bond acceptors (Lipinski definition) is 5. The summed E-state index contributed by atoms with van der Waals surface area (Å²) >= 11 is 3.67. The van der Waals surface area contributed by atoms with Crippen molar-refractivity contribution in [3.63, 3.8) is 0 Å². The highest BCUT2D eigenvalue weighted by Crippen LogP contribution is 2.41. The zero-order chi connectivity index (χ0) is 18.3. The average Bonchev–Trinajstić information content (AvgIpc) is 3.28. The molecule has 2 aliphatic rings. The van der Waals surface area contributed by atoms with Crippen LogP contribution in [0.2, 0.25) is 0 Å². The summed E-state index contributed by atoms with van der Waals surface area (Å²) < 4.78 is 0.942. The van der Waals surface area contributed by atoms with Crippen LogP contribution >= 0.6 is 15.9 Å². The van der Waals surface area contributed by atoms with Crippen LogP contribution in [0.15, 0.2) is 40.8 Å². The number of hydrogen-bond donors (Lipinski definition) is 3. The van der Waals surface area contributed by atoms with Gasteiger partial charge in [0.15, 0.2) is 0 Å². The molecule has 7 nitrogen and oxygen atoms in total. The summed E-state index contributed by atoms with van der Waals surface area (Å²) in [4.78, 5) is 23.4. The van der Waals surface area contributed by atoms with Gasteiger partial charge in [0, 0.05) is 37.7 Å². The molecule has 0 saturated carbocycles. The molecule has 1 unspecified atom stereocenters. The molecule has 1 fully saturated rings. The number of carboxylic acid groups (broad SMARTS) is 1. The van der Waals surface area contributed by atoms with Crippen LogP contribution in [0.4, 0.5) is 11.4 Å². The van der Waals surface area contributed by atoms with E-state index >= 15 is 0 Å². The summed E-state index contributed by atoms with van der Waals surface area (Å²) in [6.45, 7) is 2.21. The fraction of sp³-hybridized carbons (Fsp3) is 0.333. The summed E-state index contributed by atoms with van der Waals surface area (Å²) in [7, 11) is 1.99. The monoisotopic (exact) mass is 417 g/mol. The Morgan fingerprint density at radius 3 is 3.08 bits per heavy atom. The second-order valence-corrected chi connectivity index (χ2v) is 7.39. The predicted molar refractivity (Wildman–Crippen MR) is 106 cm³/mol. The Labute approximate surface area is 159 Å². The standard InChI is InChI=1S/C18H20BrN5O2/c1-20-12-4-6-24(10-12)16-13(19)7-21-17-15(16)14(8-22-17)23-5-2-3-11(9-23)18(25)26/h2-3,5,7-8,12,20H,4,6,9-10H2,1H3,(H,21,22)(H,25,26). The minimum atomic E-state index is -0.893. The number of pyridine rings is 1. The van der Waals surface area contributed by atoms with Gasteiger partial charge in [-0.15, -0.1) is 0 Å². The van der Waals surface area contributed by atoms with Gasteiger partial charge < -0.3 is 25.2 Å². The van der Waals surface area contributed by atoms with E-state index in [0.29, 0.717) is 18.2 Å². The minimum Gasteiger partial charge on any atom is -0.478 e. The summed E-state index contributed by atoms with van der Waals surface area (Å²) in [6, 6.07) is 0.462. The average molecular weight is 418 g/mol. The van der Waals surface area contributed by atoms with Crippen LogP contribution in [-0.2, 0) is 4.79 Å². The third-order valence-electron chi connectivity index (χ3n) is 5.01. The van der Waals surface area contributed by atoms with E-state index in [9.17, 15) is 9.90 Å². The molecule has 26 heavy (non-hydrogen) atoms. The Morgan fingerprint density at radius 1 is 1.50 bits per heavy atom. The molecule has 2 aromatic rings. The number of aromatic nitrogens is 2. The molecule has 136 valence electrons. The number of carbonyl (C=O) groups is 1. The van der Waals surface area contributed by atoms with Gasteiger partial charge in [-0.2, -0.15) is 0 Å². The van der Waals surface area contributed by atoms with Gasteiger partial charge in [-0.05, 0) is 41.6 Å². The lowest BCUT2D eigenvalue weighted by molar-refractivity contribution is -0.132. The van der Waals surface area contributed by atoms with Crippen molar-refractivity contribution in [1.82, 2.24) is 15.3 Å². The molecule has 0 bridgehead atoms. The summed E-state index contributed by atoms with van der Waals surface area (Å²) in [5.41, 5.74) is 3.19. The molecule has 4 heterocycles. The number of aromatic amines is 1. The van der Waals surface area contributed by atoms with Crippen molar-refractivity contribution in [3.8, 4) is 0 Å². The van der Waals surface area contributed by atoms with Gasteiger partial charge in [-0.3, -0.25) is 0 Å². The van der Waals surface area contributed by atoms with Crippen molar-refractivity contribution in [2.45, 2.75) is 12.5 Å². The largest absolute Gasteiger partial charge is 0.478 e. The van der Waals surface area contributed by atoms with Crippen molar-refractivity contribution in [2.24, 2.45) is 0 Å². The number of nitrogens with zero attached hydrogens (tertiary/aromatic N) is 3. The van der Waals surface area contributed by atoms with Crippen LogP contribution in [0.1, 0.15) is 6.42 Å². The lowest BCUT2D eigenvalue weighted by Gasteiger charge is -2.26. The van der Waals surface area contributed by atoms with Crippen molar-refractivity contribution in [3.05, 3.63) is 40.8 Å². The maximum atomic E-state index is 11.4. The first-order valence-electron chi connectivity index (χ1n) is 8.53. The van der Waals surface area contributed by atoms with E-state index in [1.54, 1.807) is 12.2 Å². The summed E-state index contributed by atoms with van der Waals surface area (Å²) in [5.74, 6) is -0.893. The van der Waals surface area contributed by atoms with E-state index in [4.69, 9.17) is 0 Å². The first-order chi connectivity index (χ1) is 12.6. The Kier molecular flexibility index (Phi) is 4.46. The second kappa shape index (κ2) is 6.77. The molecular formula is C18H20BrN5O2. The van der Waals surface area contributed by atoms with E-state index in [2.05, 4.69) is 36.1 Å². The molecule has 1 atom stereocenters. The van der Waals surface area contributed by atoms with E-state index in [1.807, 2.05) is 30.5 Å². The smallest absolute Gasteiger partial charge is 0.333 e. The van der Waals surface area contributed by atoms with Gasteiger partial charge in [-0.25, -0.2) is 9.78 Å². The Hall–Kier alpha value is -2.32. The normalized spacial score (nSPS) is 20.1. The van der Waals surface area contributed by atoms with Gasteiger partial charge >= 0.3 is 5.97 Å². The van der Waals surface area contributed by atoms with E-state index in [-0.39, 0.29) is 0 Å². The maximum absolute atomic E-state index is 11.4. The van der Waals surface area contributed by atoms with Crippen molar-refractivity contribution in [1.29, 1.82) is 0 Å². The number of aliphatic carboxylic acids is 1. The van der Waals surface area contributed by atoms with Crippen molar-refractivity contribution < 1.29 is 9.90 Å². The van der Waals surface area contributed by atoms with E-state index in [0.717, 1.165) is 46.4 Å². The second-order valence-electron chi connectivity index (χ2n) is 6.54. The third kappa shape index (κ3) is 2.89. The minimum absolute atomic E-state index is 0.323. The van der Waals surface area contributed by atoms with Crippen LogP contribution in [-0.4, -0.2) is 53.8 Å². The lowest BCUT2D eigenvalue weighted by Crippen LogP contribution is -2.30. The number of H-pyrrole nitrogens is 1. The highest BCUT2D eigenvalue weighted by molar-refractivity contribution is 9.10. The van der Waals surface area contributed by atoms with Crippen LogP contribution in [0.3, 0.4) is 0 Å². The zero-order valence-corrected chi connectivity index (χ0v) is 16.0. The molecule has 1 saturated heterocycles. The maximum Gasteiger partial charge on any atom is 0.333 e. The summed E-state index contributed by atoms with van der Waals surface area (Å²) in [5, 5.41) is 13.7. The predicted octanol–water partition coefficient (Wildman–Crippen LogP) is 2.47. The number of likely N-dealkylation sites (N-methyl/N-ethyl adjacent to an activating group) is 1. The van der Waals surface area contributed by atoms with Crippen LogP contribution in [0.25, 0.3) is 11.0 Å². The quantitative estimate of drug-likeness (QED) is 0.708. The number of carboxylic acids is 1. The van der Waals surface area contributed by atoms with Crippen LogP contribution < -0.4 is 15.1 Å². The number of rotatable bonds is 4. The van der Waals surface area contributed by atoms with E-state index < -0.39 is 5.97 Å². The SMILES string of the molecule is CNC1CCN(c2c(Br)cnc3[nH]cc(N4C=CC=C(C(=O)O)C4)c23)C1. The molecule has 0 aliphatic carbocycles. The molecule has 3 N–H and O–H groups in total. The highest BCUT2D eigenvalue weighted by Gasteiger charge is 2.27. The number of fused-ring (bicyclic) bond motifs is 1. The van der Waals surface area contributed by atoms with Crippen LogP contribution in [0, 0.1) is 0 Å². The Morgan fingerprint density at radius 2 is 2.35 bits per heavy atom. The molecule has 2 aromatic heterocycles. The molecule has 4 rings (SSSR count). The Balaban J connectivity index is 1.78. The molecule has 0 aromatic carbocycles. The van der Waals surface area contributed by atoms with Gasteiger partial charge in [-0.1, -0.05) is 0 Å². The molecule has 0 spiro atoms. The zero-order valence-electron chi connectivity index (χ0n) is 14.4. The van der Waals surface area contributed by atoms with Crippen LogP contribution in [0.5, 0.6) is 0 Å². The number of anilines is 2. The molecule has 2 aliphatic heterocycles. The first kappa shape index (κ1) is 17.1. The highest BCUT2D eigenvalue weighted by atomic mass is 79.9. The molecular weight excluding hydrogens is 398 g/mol. The fourth-order valence-corrected chi connectivity index (χ4v) is 4.18. The number of allylic oxidation sites excluding steroid dienone is 2. The van der Waals surface area contributed by atoms with Crippen molar-refractivity contribution in [2.75, 3.05) is 36.5 Å². The van der Waals surface area contributed by atoms with Gasteiger partial charge in [0.1, 0.15) is 5.65 Å². The molecule has 0 radical (unpaired) electrons. The van der Waals surface area contributed by atoms with Gasteiger partial charge in [0.25, 0.3) is 0 Å². The first-order valence-corrected chi connectivity index (χ1v) is 9.33. The van der Waals surface area contributed by atoms with Crippen molar-refractivity contribution >= 4 is 44.3 Å². The molecule has 0 amide bonds. The topological polar surface area (TPSA) is 84.5 Å². The number of nitrogens with one attached hydrogen (secondary N) is 2. The van der Waals surface area contributed by atoms with Gasteiger partial charge in [0.05, 0.1) is 33.4 Å². The van der Waals surface area contributed by atoms with Gasteiger partial charge in [0.2, 0.25) is 0 Å². The molecule has 8 heteroatoms.